The van der Waals surface area contributed by atoms with Crippen LogP contribution in [0.25, 0.3) is 0 Å². The number of urea groups is 1. The van der Waals surface area contributed by atoms with Crippen LogP contribution in [0.2, 0.25) is 5.02 Å². The lowest BCUT2D eigenvalue weighted by atomic mass is 9.99. The van der Waals surface area contributed by atoms with Gasteiger partial charge in [0.25, 0.3) is 0 Å². The summed E-state index contributed by atoms with van der Waals surface area (Å²) in [6.07, 6.45) is 3.78. The molecule has 2 aromatic rings. The van der Waals surface area contributed by atoms with Crippen molar-refractivity contribution in [2.75, 3.05) is 19.6 Å². The number of benzene rings is 2. The van der Waals surface area contributed by atoms with Crippen LogP contribution in [0.3, 0.4) is 0 Å². The minimum Gasteiger partial charge on any atom is -0.338 e. The van der Waals surface area contributed by atoms with Crippen LogP contribution in [0.4, 0.5) is 4.79 Å². The van der Waals surface area contributed by atoms with Crippen molar-refractivity contribution in [1.29, 1.82) is 0 Å². The van der Waals surface area contributed by atoms with Crippen molar-refractivity contribution in [1.82, 2.24) is 15.5 Å². The van der Waals surface area contributed by atoms with E-state index >= 15 is 0 Å². The summed E-state index contributed by atoms with van der Waals surface area (Å²) in [7, 11) is 0. The highest BCUT2D eigenvalue weighted by Crippen LogP contribution is 2.19. The van der Waals surface area contributed by atoms with Crippen molar-refractivity contribution >= 4 is 23.5 Å². The number of carbonyl (C=O) groups excluding carboxylic acids is 2. The van der Waals surface area contributed by atoms with E-state index < -0.39 is 0 Å². The molecule has 2 aromatic carbocycles. The first kappa shape index (κ1) is 21.2. The van der Waals surface area contributed by atoms with E-state index in [0.29, 0.717) is 32.5 Å². The summed E-state index contributed by atoms with van der Waals surface area (Å²) in [6, 6.07) is 15.9. The zero-order valence-corrected chi connectivity index (χ0v) is 17.4. The number of nitrogens with one attached hydrogen (secondary N) is 2. The van der Waals surface area contributed by atoms with Crippen LogP contribution in [0.15, 0.2) is 48.5 Å². The molecule has 0 unspecified atom stereocenters. The Morgan fingerprint density at radius 1 is 0.931 bits per heavy atom. The number of hydrogen-bond acceptors (Lipinski definition) is 2. The van der Waals surface area contributed by atoms with E-state index in [4.69, 9.17) is 11.6 Å². The van der Waals surface area contributed by atoms with Crippen LogP contribution in [0.5, 0.6) is 0 Å². The Hall–Kier alpha value is -2.53. The molecule has 154 valence electrons. The summed E-state index contributed by atoms with van der Waals surface area (Å²) >= 11 is 5.87. The number of carbonyl (C=O) groups is 2. The van der Waals surface area contributed by atoms with Crippen LogP contribution < -0.4 is 10.6 Å². The molecule has 0 radical (unpaired) electrons. The second-order valence-corrected chi connectivity index (χ2v) is 7.79. The SMILES string of the molecule is O=C(NCCCC(=O)N1CCc2ccccc2C1)NCCCc1ccc(Cl)cc1. The largest absolute Gasteiger partial charge is 0.338 e. The fourth-order valence-electron chi connectivity index (χ4n) is 3.52. The molecule has 0 saturated carbocycles. The van der Waals surface area contributed by atoms with Crippen molar-refractivity contribution < 1.29 is 9.59 Å². The lowest BCUT2D eigenvalue weighted by Gasteiger charge is -2.29. The Bertz CT molecular complexity index is 823. The van der Waals surface area contributed by atoms with Gasteiger partial charge in [-0.3, -0.25) is 4.79 Å². The Labute approximate surface area is 177 Å². The number of hydrogen-bond donors (Lipinski definition) is 2. The third-order valence-electron chi connectivity index (χ3n) is 5.18. The van der Waals surface area contributed by atoms with Crippen LogP contribution in [0, 0.1) is 0 Å². The molecule has 29 heavy (non-hydrogen) atoms. The monoisotopic (exact) mass is 413 g/mol. The van der Waals surface area contributed by atoms with Crippen LogP contribution in [-0.2, 0) is 24.2 Å². The summed E-state index contributed by atoms with van der Waals surface area (Å²) < 4.78 is 0. The second kappa shape index (κ2) is 10.9. The minimum atomic E-state index is -0.180. The molecule has 6 heteroatoms. The molecule has 1 heterocycles. The first-order chi connectivity index (χ1) is 14.1. The molecule has 5 nitrogen and oxygen atoms in total. The average molecular weight is 414 g/mol. The summed E-state index contributed by atoms with van der Waals surface area (Å²) in [4.78, 5) is 26.2. The van der Waals surface area contributed by atoms with E-state index in [0.717, 1.165) is 30.8 Å². The van der Waals surface area contributed by atoms with E-state index in [1.165, 1.54) is 16.7 Å². The molecule has 0 spiro atoms. The predicted molar refractivity (Wildman–Crippen MR) is 116 cm³/mol. The highest BCUT2D eigenvalue weighted by molar-refractivity contribution is 6.30. The Morgan fingerprint density at radius 3 is 2.38 bits per heavy atom. The molecular weight excluding hydrogens is 386 g/mol. The Balaban J connectivity index is 1.25. The van der Waals surface area contributed by atoms with Crippen molar-refractivity contribution in [3.63, 3.8) is 0 Å². The van der Waals surface area contributed by atoms with Gasteiger partial charge in [-0.25, -0.2) is 4.79 Å². The van der Waals surface area contributed by atoms with Gasteiger partial charge in [0.2, 0.25) is 5.91 Å². The van der Waals surface area contributed by atoms with E-state index in [1.807, 2.05) is 41.3 Å². The van der Waals surface area contributed by atoms with E-state index in [-0.39, 0.29) is 11.9 Å². The number of amides is 3. The topological polar surface area (TPSA) is 61.4 Å². The van der Waals surface area contributed by atoms with Gasteiger partial charge in [-0.1, -0.05) is 48.0 Å². The number of halogens is 1. The maximum absolute atomic E-state index is 12.4. The molecule has 1 aliphatic rings. The van der Waals surface area contributed by atoms with E-state index in [9.17, 15) is 9.59 Å². The summed E-state index contributed by atoms with van der Waals surface area (Å²) in [5.41, 5.74) is 3.78. The molecule has 0 fully saturated rings. The van der Waals surface area contributed by atoms with Gasteiger partial charge in [-0.15, -0.1) is 0 Å². The summed E-state index contributed by atoms with van der Waals surface area (Å²) in [5.74, 6) is 0.157. The average Bonchev–Trinajstić information content (AvgIpc) is 2.75. The molecular formula is C23H28ClN3O2. The fourth-order valence-corrected chi connectivity index (χ4v) is 3.64. The third kappa shape index (κ3) is 6.79. The summed E-state index contributed by atoms with van der Waals surface area (Å²) in [5, 5.41) is 6.41. The van der Waals surface area contributed by atoms with Gasteiger partial charge in [-0.05, 0) is 54.5 Å². The van der Waals surface area contributed by atoms with Crippen molar-refractivity contribution in [2.24, 2.45) is 0 Å². The van der Waals surface area contributed by atoms with Gasteiger partial charge in [0, 0.05) is 37.6 Å². The molecule has 1 aliphatic heterocycles. The molecule has 0 aliphatic carbocycles. The number of nitrogens with zero attached hydrogens (tertiary/aromatic N) is 1. The Kier molecular flexibility index (Phi) is 7.94. The van der Waals surface area contributed by atoms with Crippen molar-refractivity contribution in [3.05, 3.63) is 70.2 Å². The lowest BCUT2D eigenvalue weighted by molar-refractivity contribution is -0.132. The summed E-state index contributed by atoms with van der Waals surface area (Å²) in [6.45, 7) is 2.58. The smallest absolute Gasteiger partial charge is 0.314 e. The zero-order chi connectivity index (χ0) is 20.5. The molecule has 0 atom stereocenters. The number of aryl methyl sites for hydroxylation is 1. The molecule has 0 aromatic heterocycles. The maximum atomic E-state index is 12.4. The molecule has 2 N–H and O–H groups in total. The third-order valence-corrected chi connectivity index (χ3v) is 5.43. The van der Waals surface area contributed by atoms with Gasteiger partial charge in [0.05, 0.1) is 0 Å². The lowest BCUT2D eigenvalue weighted by Crippen LogP contribution is -2.38. The number of fused-ring (bicyclic) bond motifs is 1. The quantitative estimate of drug-likeness (QED) is 0.644. The van der Waals surface area contributed by atoms with E-state index in [2.05, 4.69) is 22.8 Å². The van der Waals surface area contributed by atoms with Crippen molar-refractivity contribution in [3.8, 4) is 0 Å². The fraction of sp³-hybridized carbons (Fsp3) is 0.391. The number of rotatable bonds is 8. The predicted octanol–water partition coefficient (Wildman–Crippen LogP) is 3.94. The minimum absolute atomic E-state index is 0.157. The second-order valence-electron chi connectivity index (χ2n) is 7.35. The van der Waals surface area contributed by atoms with Crippen LogP contribution in [-0.4, -0.2) is 36.5 Å². The van der Waals surface area contributed by atoms with E-state index in [1.54, 1.807) is 0 Å². The highest BCUT2D eigenvalue weighted by Gasteiger charge is 2.19. The molecule has 0 bridgehead atoms. The first-order valence-electron chi connectivity index (χ1n) is 10.2. The van der Waals surface area contributed by atoms with Crippen LogP contribution in [0.1, 0.15) is 36.0 Å². The zero-order valence-electron chi connectivity index (χ0n) is 16.6. The van der Waals surface area contributed by atoms with Crippen molar-refractivity contribution in [2.45, 2.75) is 38.6 Å². The normalized spacial score (nSPS) is 12.9. The highest BCUT2D eigenvalue weighted by atomic mass is 35.5. The molecule has 3 rings (SSSR count). The Morgan fingerprint density at radius 2 is 1.62 bits per heavy atom. The van der Waals surface area contributed by atoms with Gasteiger partial charge in [0.1, 0.15) is 0 Å². The van der Waals surface area contributed by atoms with Gasteiger partial charge < -0.3 is 15.5 Å². The van der Waals surface area contributed by atoms with Gasteiger partial charge in [0.15, 0.2) is 0 Å². The van der Waals surface area contributed by atoms with Crippen LogP contribution >= 0.6 is 11.6 Å². The molecule has 3 amide bonds. The molecule has 0 saturated heterocycles. The van der Waals surface area contributed by atoms with Gasteiger partial charge in [-0.2, -0.15) is 0 Å². The standard InChI is InChI=1S/C23H28ClN3O2/c24-21-11-9-18(10-12-21)5-3-14-25-23(29)26-15-4-8-22(28)27-16-13-19-6-1-2-7-20(19)17-27/h1-2,6-7,9-12H,3-5,8,13-17H2,(H2,25,26,29). The van der Waals surface area contributed by atoms with Gasteiger partial charge >= 0.3 is 6.03 Å². The first-order valence-corrected chi connectivity index (χ1v) is 10.6. The maximum Gasteiger partial charge on any atom is 0.314 e.